The number of rotatable bonds is 4. The second-order valence-corrected chi connectivity index (χ2v) is 8.33. The molecule has 0 spiro atoms. The standard InChI is InChI=1S/C21H15N5OS2/c1-13-17(28-21(23-13)26-11-2-3-12-26)18(27)24-15-8-6-14(7-9-15)19-25-16-5-4-10-22-20(16)29-19/h2-12H,1H3,(H,24,27). The first kappa shape index (κ1) is 17.7. The Kier molecular flexibility index (Phi) is 4.42. The van der Waals surface area contributed by atoms with E-state index >= 15 is 0 Å². The van der Waals surface area contributed by atoms with Crippen molar-refractivity contribution < 1.29 is 4.79 Å². The molecule has 0 saturated heterocycles. The lowest BCUT2D eigenvalue weighted by atomic mass is 10.2. The molecule has 0 aliphatic heterocycles. The average molecular weight is 418 g/mol. The third-order valence-corrected chi connectivity index (χ3v) is 6.57. The van der Waals surface area contributed by atoms with Crippen LogP contribution in [0.5, 0.6) is 0 Å². The fourth-order valence-electron chi connectivity index (χ4n) is 2.94. The van der Waals surface area contributed by atoms with Crippen LogP contribution in [0.15, 0.2) is 67.1 Å². The Bertz CT molecular complexity index is 1270. The van der Waals surface area contributed by atoms with E-state index in [4.69, 9.17) is 0 Å². The molecule has 4 aromatic heterocycles. The summed E-state index contributed by atoms with van der Waals surface area (Å²) in [6.07, 6.45) is 5.60. The fourth-order valence-corrected chi connectivity index (χ4v) is 4.78. The summed E-state index contributed by atoms with van der Waals surface area (Å²) in [5.41, 5.74) is 3.34. The van der Waals surface area contributed by atoms with E-state index in [0.717, 1.165) is 37.4 Å². The van der Waals surface area contributed by atoms with Crippen LogP contribution in [-0.2, 0) is 0 Å². The van der Waals surface area contributed by atoms with Gasteiger partial charge < -0.3 is 9.88 Å². The molecule has 0 aliphatic rings. The SMILES string of the molecule is Cc1nc(-n2cccc2)sc1C(=O)Nc1ccc(-c2nc3cccnc3s2)cc1. The summed E-state index contributed by atoms with van der Waals surface area (Å²) >= 11 is 2.92. The summed E-state index contributed by atoms with van der Waals surface area (Å²) in [6, 6.07) is 15.4. The number of fused-ring (bicyclic) bond motifs is 1. The van der Waals surface area contributed by atoms with E-state index in [9.17, 15) is 4.79 Å². The number of hydrogen-bond acceptors (Lipinski definition) is 6. The highest BCUT2D eigenvalue weighted by Gasteiger charge is 2.16. The van der Waals surface area contributed by atoms with E-state index in [0.29, 0.717) is 4.88 Å². The Labute approximate surface area is 174 Å². The van der Waals surface area contributed by atoms with Gasteiger partial charge in [-0.15, -0.1) is 0 Å². The molecule has 5 rings (SSSR count). The molecule has 142 valence electrons. The number of nitrogens with one attached hydrogen (secondary N) is 1. The highest BCUT2D eigenvalue weighted by atomic mass is 32.1. The number of thiazole rings is 2. The van der Waals surface area contributed by atoms with E-state index in [1.54, 1.807) is 17.5 Å². The number of carbonyl (C=O) groups excluding carboxylic acids is 1. The third kappa shape index (κ3) is 3.43. The van der Waals surface area contributed by atoms with Gasteiger partial charge in [-0.2, -0.15) is 0 Å². The van der Waals surface area contributed by atoms with Gasteiger partial charge in [-0.1, -0.05) is 22.7 Å². The summed E-state index contributed by atoms with van der Waals surface area (Å²) in [6.45, 7) is 1.85. The number of amides is 1. The molecule has 1 amide bonds. The molecule has 29 heavy (non-hydrogen) atoms. The quantitative estimate of drug-likeness (QED) is 0.438. The highest BCUT2D eigenvalue weighted by molar-refractivity contribution is 7.21. The first-order valence-corrected chi connectivity index (χ1v) is 10.5. The number of hydrogen-bond donors (Lipinski definition) is 1. The van der Waals surface area contributed by atoms with Crippen molar-refractivity contribution in [3.8, 4) is 15.7 Å². The van der Waals surface area contributed by atoms with E-state index in [1.807, 2.05) is 72.4 Å². The van der Waals surface area contributed by atoms with E-state index in [1.165, 1.54) is 11.3 Å². The molecule has 0 unspecified atom stereocenters. The molecule has 0 fully saturated rings. The summed E-state index contributed by atoms with van der Waals surface area (Å²) in [4.78, 5) is 27.7. The molecule has 8 heteroatoms. The summed E-state index contributed by atoms with van der Waals surface area (Å²) in [5.74, 6) is -0.157. The highest BCUT2D eigenvalue weighted by Crippen LogP contribution is 2.30. The van der Waals surface area contributed by atoms with Gasteiger partial charge in [0.15, 0.2) is 5.13 Å². The first-order chi connectivity index (χ1) is 14.2. The molecule has 0 radical (unpaired) electrons. The number of anilines is 1. The Balaban J connectivity index is 1.35. The summed E-state index contributed by atoms with van der Waals surface area (Å²) < 4.78 is 1.90. The minimum atomic E-state index is -0.157. The maximum Gasteiger partial charge on any atom is 0.267 e. The van der Waals surface area contributed by atoms with Gasteiger partial charge in [0.05, 0.1) is 5.69 Å². The van der Waals surface area contributed by atoms with Crippen molar-refractivity contribution in [3.05, 3.63) is 77.7 Å². The number of nitrogens with zero attached hydrogens (tertiary/aromatic N) is 4. The van der Waals surface area contributed by atoms with Crippen molar-refractivity contribution >= 4 is 44.6 Å². The molecule has 0 bridgehead atoms. The monoisotopic (exact) mass is 417 g/mol. The molecule has 0 atom stereocenters. The summed E-state index contributed by atoms with van der Waals surface area (Å²) in [5, 5.41) is 4.64. The normalized spacial score (nSPS) is 11.1. The van der Waals surface area contributed by atoms with Gasteiger partial charge in [-0.25, -0.2) is 15.0 Å². The maximum atomic E-state index is 12.7. The van der Waals surface area contributed by atoms with Crippen LogP contribution in [0.4, 0.5) is 5.69 Å². The van der Waals surface area contributed by atoms with Gasteiger partial charge in [0, 0.05) is 29.8 Å². The number of carbonyl (C=O) groups is 1. The molecule has 0 saturated carbocycles. The smallest absolute Gasteiger partial charge is 0.267 e. The zero-order valence-electron chi connectivity index (χ0n) is 15.4. The van der Waals surface area contributed by atoms with Crippen LogP contribution in [0, 0.1) is 6.92 Å². The van der Waals surface area contributed by atoms with Crippen molar-refractivity contribution in [2.75, 3.05) is 5.32 Å². The fraction of sp³-hybridized carbons (Fsp3) is 0.0476. The molecule has 1 aromatic carbocycles. The molecule has 1 N–H and O–H groups in total. The van der Waals surface area contributed by atoms with Crippen molar-refractivity contribution in [3.63, 3.8) is 0 Å². The Hall–Kier alpha value is -3.36. The van der Waals surface area contributed by atoms with Crippen LogP contribution in [0.1, 0.15) is 15.4 Å². The van der Waals surface area contributed by atoms with Crippen LogP contribution in [-0.4, -0.2) is 25.4 Å². The van der Waals surface area contributed by atoms with Crippen LogP contribution in [0.25, 0.3) is 26.0 Å². The maximum absolute atomic E-state index is 12.7. The number of aromatic nitrogens is 4. The lowest BCUT2D eigenvalue weighted by Gasteiger charge is -2.05. The van der Waals surface area contributed by atoms with Crippen molar-refractivity contribution in [1.29, 1.82) is 0 Å². The van der Waals surface area contributed by atoms with Crippen molar-refractivity contribution in [1.82, 2.24) is 19.5 Å². The molecule has 6 nitrogen and oxygen atoms in total. The second-order valence-electron chi connectivity index (χ2n) is 6.38. The van der Waals surface area contributed by atoms with E-state index < -0.39 is 0 Å². The van der Waals surface area contributed by atoms with Gasteiger partial charge in [0.25, 0.3) is 5.91 Å². The number of aryl methyl sites for hydroxylation is 1. The molecule has 4 heterocycles. The summed E-state index contributed by atoms with van der Waals surface area (Å²) in [7, 11) is 0. The Morgan fingerprint density at radius 2 is 1.79 bits per heavy atom. The van der Waals surface area contributed by atoms with Crippen molar-refractivity contribution in [2.24, 2.45) is 0 Å². The van der Waals surface area contributed by atoms with E-state index in [2.05, 4.69) is 20.3 Å². The molecule has 0 aliphatic carbocycles. The van der Waals surface area contributed by atoms with Gasteiger partial charge in [-0.3, -0.25) is 4.79 Å². The van der Waals surface area contributed by atoms with Gasteiger partial charge in [-0.05, 0) is 55.5 Å². The minimum Gasteiger partial charge on any atom is -0.321 e. The second kappa shape index (κ2) is 7.23. The Morgan fingerprint density at radius 1 is 1.00 bits per heavy atom. The third-order valence-electron chi connectivity index (χ3n) is 4.37. The first-order valence-electron chi connectivity index (χ1n) is 8.91. The molecule has 5 aromatic rings. The minimum absolute atomic E-state index is 0.157. The predicted octanol–water partition coefficient (Wildman–Crippen LogP) is 5.17. The average Bonchev–Trinajstić information content (AvgIpc) is 3.47. The number of benzene rings is 1. The van der Waals surface area contributed by atoms with Crippen LogP contribution in [0.3, 0.4) is 0 Å². The van der Waals surface area contributed by atoms with Crippen LogP contribution in [0.2, 0.25) is 0 Å². The van der Waals surface area contributed by atoms with Gasteiger partial charge >= 0.3 is 0 Å². The van der Waals surface area contributed by atoms with Crippen molar-refractivity contribution in [2.45, 2.75) is 6.92 Å². The van der Waals surface area contributed by atoms with Crippen LogP contribution >= 0.6 is 22.7 Å². The number of pyridine rings is 1. The lowest BCUT2D eigenvalue weighted by Crippen LogP contribution is -2.11. The van der Waals surface area contributed by atoms with E-state index in [-0.39, 0.29) is 5.91 Å². The van der Waals surface area contributed by atoms with Gasteiger partial charge in [0.2, 0.25) is 0 Å². The largest absolute Gasteiger partial charge is 0.321 e. The topological polar surface area (TPSA) is 72.7 Å². The van der Waals surface area contributed by atoms with Crippen LogP contribution < -0.4 is 5.32 Å². The predicted molar refractivity (Wildman–Crippen MR) is 117 cm³/mol. The lowest BCUT2D eigenvalue weighted by molar-refractivity contribution is 0.103. The van der Waals surface area contributed by atoms with Gasteiger partial charge in [0.1, 0.15) is 20.2 Å². The Morgan fingerprint density at radius 3 is 2.55 bits per heavy atom. The molecular formula is C21H15N5OS2. The molecular weight excluding hydrogens is 402 g/mol. The zero-order chi connectivity index (χ0) is 19.8. The zero-order valence-corrected chi connectivity index (χ0v) is 17.0.